The number of allylic oxidation sites excluding steroid dienone is 1. The van der Waals surface area contributed by atoms with E-state index in [1.54, 1.807) is 29.6 Å². The molecule has 1 aromatic carbocycles. The highest BCUT2D eigenvalue weighted by Crippen LogP contribution is 2.29. The lowest BCUT2D eigenvalue weighted by Crippen LogP contribution is -2.48. The van der Waals surface area contributed by atoms with Crippen LogP contribution in [0.3, 0.4) is 0 Å². The first-order valence-corrected chi connectivity index (χ1v) is 7.19. The number of hydrogen-bond donors (Lipinski definition) is 2. The van der Waals surface area contributed by atoms with Crippen molar-refractivity contribution in [3.63, 3.8) is 0 Å². The van der Waals surface area contributed by atoms with E-state index in [0.717, 1.165) is 6.08 Å². The summed E-state index contributed by atoms with van der Waals surface area (Å²) in [5.41, 5.74) is -0.375. The van der Waals surface area contributed by atoms with E-state index < -0.39 is 23.9 Å². The highest BCUT2D eigenvalue weighted by atomic mass is 19.4. The van der Waals surface area contributed by atoms with Crippen molar-refractivity contribution >= 4 is 12.1 Å². The molecule has 0 aromatic heterocycles. The predicted molar refractivity (Wildman–Crippen MR) is 82.8 cm³/mol. The van der Waals surface area contributed by atoms with Crippen molar-refractivity contribution in [1.82, 2.24) is 10.6 Å². The van der Waals surface area contributed by atoms with E-state index in [2.05, 4.69) is 5.32 Å². The number of methoxy groups -OCH3 is 1. The molecule has 0 aliphatic carbocycles. The van der Waals surface area contributed by atoms with Crippen LogP contribution < -0.4 is 20.1 Å². The molecule has 1 aliphatic rings. The first kappa shape index (κ1) is 17.7. The molecule has 1 unspecified atom stereocenters. The van der Waals surface area contributed by atoms with E-state index >= 15 is 0 Å². The Balaban J connectivity index is 2.20. The van der Waals surface area contributed by atoms with Crippen LogP contribution in [0.25, 0.3) is 6.08 Å². The number of carbonyl (C=O) groups is 1. The van der Waals surface area contributed by atoms with Crippen molar-refractivity contribution in [3.05, 3.63) is 41.6 Å². The molecule has 1 aromatic rings. The third kappa shape index (κ3) is 4.43. The van der Waals surface area contributed by atoms with E-state index in [1.807, 2.05) is 6.92 Å². The molecule has 2 rings (SSSR count). The molecule has 0 spiro atoms. The Morgan fingerprint density at radius 3 is 2.67 bits per heavy atom. The number of benzene rings is 1. The van der Waals surface area contributed by atoms with E-state index in [-0.39, 0.29) is 0 Å². The maximum absolute atomic E-state index is 12.7. The average molecular weight is 342 g/mol. The number of rotatable bonds is 5. The minimum absolute atomic E-state index is 0.450. The summed E-state index contributed by atoms with van der Waals surface area (Å²) in [6.45, 7) is 2.28. The number of nitrogens with one attached hydrogen (secondary N) is 2. The second kappa shape index (κ2) is 7.29. The molecule has 5 nitrogen and oxygen atoms in total. The largest absolute Gasteiger partial charge is 0.493 e. The van der Waals surface area contributed by atoms with Gasteiger partial charge in [-0.3, -0.25) is 0 Å². The summed E-state index contributed by atoms with van der Waals surface area (Å²) in [6.07, 6.45) is -0.637. The lowest BCUT2D eigenvalue weighted by molar-refractivity contribution is -0.0963. The van der Waals surface area contributed by atoms with Gasteiger partial charge in [0.05, 0.1) is 19.8 Å². The number of carbonyl (C=O) groups excluding carboxylic acids is 1. The molecule has 1 atom stereocenters. The molecule has 2 amide bonds. The maximum atomic E-state index is 12.7. The second-order valence-corrected chi connectivity index (χ2v) is 4.90. The molecule has 1 aliphatic heterocycles. The summed E-state index contributed by atoms with van der Waals surface area (Å²) in [5, 5.41) is 4.12. The predicted octanol–water partition coefficient (Wildman–Crippen LogP) is 3.23. The molecule has 1 heterocycles. The number of amides is 2. The smallest absolute Gasteiger partial charge is 0.431 e. The normalized spacial score (nSPS) is 18.0. The van der Waals surface area contributed by atoms with Crippen LogP contribution in [-0.4, -0.2) is 32.0 Å². The Morgan fingerprint density at radius 1 is 1.29 bits per heavy atom. The van der Waals surface area contributed by atoms with E-state index in [0.29, 0.717) is 23.7 Å². The van der Waals surface area contributed by atoms with Crippen LogP contribution in [0.5, 0.6) is 11.5 Å². The first-order chi connectivity index (χ1) is 11.3. The zero-order chi connectivity index (χ0) is 17.7. The number of ether oxygens (including phenoxy) is 2. The fourth-order valence-electron chi connectivity index (χ4n) is 2.12. The molecular formula is C16H17F3N2O3. The first-order valence-electron chi connectivity index (χ1n) is 7.19. The minimum atomic E-state index is -4.61. The van der Waals surface area contributed by atoms with Crippen molar-refractivity contribution in [2.75, 3.05) is 13.7 Å². The average Bonchev–Trinajstić information content (AvgIpc) is 2.52. The van der Waals surface area contributed by atoms with E-state index in [9.17, 15) is 18.0 Å². The molecule has 8 heteroatoms. The van der Waals surface area contributed by atoms with Gasteiger partial charge in [0.1, 0.15) is 5.70 Å². The topological polar surface area (TPSA) is 59.6 Å². The zero-order valence-electron chi connectivity index (χ0n) is 13.1. The number of halogens is 3. The van der Waals surface area contributed by atoms with Crippen molar-refractivity contribution < 1.29 is 27.4 Å². The molecular weight excluding hydrogens is 325 g/mol. The summed E-state index contributed by atoms with van der Waals surface area (Å²) in [5.74, 6) is 1.09. The number of hydrogen-bond acceptors (Lipinski definition) is 3. The fourth-order valence-corrected chi connectivity index (χ4v) is 2.12. The van der Waals surface area contributed by atoms with Crippen LogP contribution in [-0.2, 0) is 0 Å². The molecule has 0 saturated carbocycles. The number of alkyl halides is 3. The Morgan fingerprint density at radius 2 is 2.04 bits per heavy atom. The van der Waals surface area contributed by atoms with Crippen LogP contribution in [0, 0.1) is 0 Å². The van der Waals surface area contributed by atoms with Crippen LogP contribution >= 0.6 is 0 Å². The van der Waals surface area contributed by atoms with Crippen molar-refractivity contribution in [2.45, 2.75) is 19.1 Å². The lowest BCUT2D eigenvalue weighted by atomic mass is 10.1. The summed E-state index contributed by atoms with van der Waals surface area (Å²) >= 11 is 0. The zero-order valence-corrected chi connectivity index (χ0v) is 13.1. The highest BCUT2D eigenvalue weighted by Gasteiger charge is 2.37. The van der Waals surface area contributed by atoms with Crippen molar-refractivity contribution in [1.29, 1.82) is 0 Å². The minimum Gasteiger partial charge on any atom is -0.493 e. The van der Waals surface area contributed by atoms with E-state index in [1.165, 1.54) is 13.2 Å². The molecule has 2 N–H and O–H groups in total. The standard InChI is InChI=1S/C16H17F3N2O3/c1-3-24-13-8-10(5-7-12(13)23-2)4-6-11-9-14(16(17,18)19)21-15(22)20-11/h4-9,11H,3H2,1-2H3,(H2,20,21,22). The highest BCUT2D eigenvalue weighted by molar-refractivity contribution is 5.78. The molecule has 0 bridgehead atoms. The van der Waals surface area contributed by atoms with Gasteiger partial charge in [0, 0.05) is 0 Å². The number of urea groups is 1. The van der Waals surface area contributed by atoms with Crippen LogP contribution in [0.1, 0.15) is 12.5 Å². The van der Waals surface area contributed by atoms with Gasteiger partial charge in [0.25, 0.3) is 0 Å². The third-order valence-corrected chi connectivity index (χ3v) is 3.18. The van der Waals surface area contributed by atoms with Crippen LogP contribution in [0.2, 0.25) is 0 Å². The van der Waals surface area contributed by atoms with Crippen molar-refractivity contribution in [3.8, 4) is 11.5 Å². The lowest BCUT2D eigenvalue weighted by Gasteiger charge is -2.22. The monoisotopic (exact) mass is 342 g/mol. The summed E-state index contributed by atoms with van der Waals surface area (Å²) < 4.78 is 48.7. The van der Waals surface area contributed by atoms with Crippen LogP contribution in [0.4, 0.5) is 18.0 Å². The fraction of sp³-hybridized carbons (Fsp3) is 0.312. The Kier molecular flexibility index (Phi) is 5.38. The van der Waals surface area contributed by atoms with Gasteiger partial charge in [-0.2, -0.15) is 13.2 Å². The maximum Gasteiger partial charge on any atom is 0.431 e. The van der Waals surface area contributed by atoms with Gasteiger partial charge in [-0.15, -0.1) is 0 Å². The van der Waals surface area contributed by atoms with E-state index in [4.69, 9.17) is 9.47 Å². The summed E-state index contributed by atoms with van der Waals surface area (Å²) in [6, 6.07) is 3.37. The van der Waals surface area contributed by atoms with Gasteiger partial charge in [-0.25, -0.2) is 4.79 Å². The van der Waals surface area contributed by atoms with Crippen molar-refractivity contribution in [2.24, 2.45) is 0 Å². The molecule has 0 radical (unpaired) electrons. The molecule has 0 saturated heterocycles. The molecule has 24 heavy (non-hydrogen) atoms. The van der Waals surface area contributed by atoms with Gasteiger partial charge < -0.3 is 20.1 Å². The van der Waals surface area contributed by atoms with Gasteiger partial charge in [0.15, 0.2) is 11.5 Å². The van der Waals surface area contributed by atoms with Gasteiger partial charge in [0.2, 0.25) is 0 Å². The summed E-state index contributed by atoms with van der Waals surface area (Å²) in [7, 11) is 1.52. The second-order valence-electron chi connectivity index (χ2n) is 4.90. The third-order valence-electron chi connectivity index (χ3n) is 3.18. The summed E-state index contributed by atoms with van der Waals surface area (Å²) in [4.78, 5) is 11.3. The van der Waals surface area contributed by atoms with Gasteiger partial charge >= 0.3 is 12.2 Å². The molecule has 130 valence electrons. The Labute approximate surface area is 137 Å². The quantitative estimate of drug-likeness (QED) is 0.864. The SMILES string of the molecule is CCOc1cc(C=CC2C=C(C(F)(F)F)NC(=O)N2)ccc1OC. The van der Waals surface area contributed by atoms with Crippen LogP contribution in [0.15, 0.2) is 36.0 Å². The Hall–Kier alpha value is -2.64. The van der Waals surface area contributed by atoms with Gasteiger partial charge in [-0.1, -0.05) is 18.2 Å². The van der Waals surface area contributed by atoms with Gasteiger partial charge in [-0.05, 0) is 30.7 Å². The molecule has 0 fully saturated rings. The Bertz CT molecular complexity index is 669.